The Kier molecular flexibility index (Phi) is 36.5. The molecule has 9 nitrogen and oxygen atoms in total. The Bertz CT molecular complexity index is 938. The number of unbranched alkanes of at least 4 members (excludes halogenated alkanes) is 25. The van der Waals surface area contributed by atoms with Crippen LogP contribution in [0.4, 0.5) is 0 Å². The van der Waals surface area contributed by atoms with Crippen LogP contribution in [0.5, 0.6) is 0 Å². The average Bonchev–Trinajstić information content (AvgIpc) is 3.12. The lowest BCUT2D eigenvalue weighted by Crippen LogP contribution is -2.37. The number of carbonyl (C=O) groups is 2. The standard InChI is InChI=1S/C44H86NO8P/c1-6-8-10-12-14-16-18-20-22-23-25-26-28-30-32-34-36-43(46)50-40-42(41-52-54(48,49)51-39-38-45(3,4)5)53-44(47)37-35-33-31-29-27-24-21-19-17-15-13-11-9-7-2/h19,21,42H,6-18,20,22-41H2,1-5H3/b21-19-. The van der Waals surface area contributed by atoms with E-state index in [1.165, 1.54) is 122 Å². The Morgan fingerprint density at radius 1 is 0.556 bits per heavy atom. The summed E-state index contributed by atoms with van der Waals surface area (Å²) in [5, 5.41) is 0. The van der Waals surface area contributed by atoms with Crippen LogP contribution in [0.3, 0.4) is 0 Å². The number of likely N-dealkylation sites (N-methyl/N-ethyl adjacent to an activating group) is 1. The minimum Gasteiger partial charge on any atom is -0.756 e. The van der Waals surface area contributed by atoms with Gasteiger partial charge in [-0.2, -0.15) is 0 Å². The van der Waals surface area contributed by atoms with Crippen molar-refractivity contribution in [1.82, 2.24) is 0 Å². The molecule has 0 aliphatic rings. The van der Waals surface area contributed by atoms with Gasteiger partial charge in [-0.3, -0.25) is 14.2 Å². The monoisotopic (exact) mass is 788 g/mol. The van der Waals surface area contributed by atoms with Crippen molar-refractivity contribution in [3.63, 3.8) is 0 Å². The number of phosphoric acid groups is 1. The maximum atomic E-state index is 12.7. The van der Waals surface area contributed by atoms with Crippen LogP contribution in [0.25, 0.3) is 0 Å². The molecule has 0 aromatic heterocycles. The molecule has 0 aliphatic carbocycles. The Morgan fingerprint density at radius 3 is 1.37 bits per heavy atom. The summed E-state index contributed by atoms with van der Waals surface area (Å²) in [5.41, 5.74) is 0. The molecule has 0 aliphatic heterocycles. The third-order valence-corrected chi connectivity index (χ3v) is 10.7. The van der Waals surface area contributed by atoms with E-state index in [0.29, 0.717) is 17.4 Å². The van der Waals surface area contributed by atoms with Gasteiger partial charge in [0.2, 0.25) is 0 Å². The van der Waals surface area contributed by atoms with Gasteiger partial charge in [0.05, 0.1) is 27.7 Å². The molecule has 0 spiro atoms. The summed E-state index contributed by atoms with van der Waals surface area (Å²) in [4.78, 5) is 37.5. The van der Waals surface area contributed by atoms with Crippen molar-refractivity contribution in [2.24, 2.45) is 0 Å². The van der Waals surface area contributed by atoms with Gasteiger partial charge >= 0.3 is 11.9 Å². The van der Waals surface area contributed by atoms with Gasteiger partial charge in [-0.25, -0.2) is 0 Å². The fraction of sp³-hybridized carbons (Fsp3) is 0.909. The van der Waals surface area contributed by atoms with Gasteiger partial charge in [-0.05, 0) is 38.5 Å². The molecule has 0 saturated carbocycles. The van der Waals surface area contributed by atoms with Crippen molar-refractivity contribution in [2.75, 3.05) is 47.5 Å². The summed E-state index contributed by atoms with van der Waals surface area (Å²) in [5.74, 6) is -0.835. The van der Waals surface area contributed by atoms with Gasteiger partial charge in [0, 0.05) is 12.8 Å². The molecular weight excluding hydrogens is 701 g/mol. The Hall–Kier alpha value is -1.25. The van der Waals surface area contributed by atoms with E-state index in [1.807, 2.05) is 21.1 Å². The number of rotatable bonds is 41. The fourth-order valence-corrected chi connectivity index (χ4v) is 6.97. The van der Waals surface area contributed by atoms with Gasteiger partial charge in [-0.1, -0.05) is 167 Å². The van der Waals surface area contributed by atoms with Crippen LogP contribution >= 0.6 is 7.82 Å². The van der Waals surface area contributed by atoms with Gasteiger partial charge in [-0.15, -0.1) is 0 Å². The van der Waals surface area contributed by atoms with E-state index in [0.717, 1.165) is 51.4 Å². The van der Waals surface area contributed by atoms with Gasteiger partial charge in [0.25, 0.3) is 7.82 Å². The van der Waals surface area contributed by atoms with Crippen LogP contribution in [0, 0.1) is 0 Å². The van der Waals surface area contributed by atoms with Crippen LogP contribution in [0.2, 0.25) is 0 Å². The quantitative estimate of drug-likeness (QED) is 0.0198. The number of ether oxygens (including phenoxy) is 2. The van der Waals surface area contributed by atoms with Crippen LogP contribution in [0.1, 0.15) is 206 Å². The van der Waals surface area contributed by atoms with Gasteiger partial charge in [0.15, 0.2) is 6.10 Å². The summed E-state index contributed by atoms with van der Waals surface area (Å²) in [6, 6.07) is 0. The molecule has 0 heterocycles. The van der Waals surface area contributed by atoms with Crippen LogP contribution in [0.15, 0.2) is 12.2 Å². The summed E-state index contributed by atoms with van der Waals surface area (Å²) >= 11 is 0. The van der Waals surface area contributed by atoms with E-state index in [2.05, 4.69) is 26.0 Å². The first kappa shape index (κ1) is 52.8. The van der Waals surface area contributed by atoms with Crippen molar-refractivity contribution >= 4 is 19.8 Å². The number of hydrogen-bond acceptors (Lipinski definition) is 8. The first-order valence-corrected chi connectivity index (χ1v) is 23.9. The number of phosphoric ester groups is 1. The Labute approximate surface area is 333 Å². The predicted molar refractivity (Wildman–Crippen MR) is 222 cm³/mol. The van der Waals surface area contributed by atoms with Crippen LogP contribution in [-0.2, 0) is 32.7 Å². The molecule has 0 radical (unpaired) electrons. The maximum Gasteiger partial charge on any atom is 0.306 e. The zero-order valence-corrected chi connectivity index (χ0v) is 36.8. The third-order valence-electron chi connectivity index (χ3n) is 9.79. The highest BCUT2D eigenvalue weighted by atomic mass is 31.2. The summed E-state index contributed by atoms with van der Waals surface area (Å²) in [6.45, 7) is 4.23. The normalized spacial score (nSPS) is 13.7. The second kappa shape index (κ2) is 37.3. The third kappa shape index (κ3) is 40.4. The van der Waals surface area contributed by atoms with E-state index >= 15 is 0 Å². The van der Waals surface area contributed by atoms with Crippen molar-refractivity contribution in [1.29, 1.82) is 0 Å². The molecule has 0 N–H and O–H groups in total. The SMILES string of the molecule is CCCCCCC/C=C\CCCCCCCC(=O)OC(COC(=O)CCCCCCCCCCCCCCCCCC)COP(=O)([O-])OCC[N+](C)(C)C. The summed E-state index contributed by atoms with van der Waals surface area (Å²) < 4.78 is 33.9. The molecule has 0 bridgehead atoms. The lowest BCUT2D eigenvalue weighted by Gasteiger charge is -2.28. The Morgan fingerprint density at radius 2 is 0.944 bits per heavy atom. The molecule has 0 rings (SSSR count). The van der Waals surface area contributed by atoms with Crippen molar-refractivity contribution in [2.45, 2.75) is 213 Å². The second-order valence-corrected chi connectivity index (χ2v) is 17.8. The molecule has 0 fully saturated rings. The second-order valence-electron chi connectivity index (χ2n) is 16.4. The molecule has 320 valence electrons. The van der Waals surface area contributed by atoms with Crippen LogP contribution < -0.4 is 4.89 Å². The van der Waals surface area contributed by atoms with Crippen molar-refractivity contribution in [3.05, 3.63) is 12.2 Å². The van der Waals surface area contributed by atoms with E-state index in [4.69, 9.17) is 18.5 Å². The zero-order chi connectivity index (χ0) is 40.0. The number of carbonyl (C=O) groups excluding carboxylic acids is 2. The predicted octanol–water partition coefficient (Wildman–Crippen LogP) is 11.9. The number of allylic oxidation sites excluding steroid dienone is 2. The molecule has 0 aromatic rings. The van der Waals surface area contributed by atoms with E-state index < -0.39 is 26.5 Å². The zero-order valence-electron chi connectivity index (χ0n) is 35.9. The number of nitrogens with zero attached hydrogens (tertiary/aromatic N) is 1. The minimum atomic E-state index is -4.62. The van der Waals surface area contributed by atoms with Crippen LogP contribution in [-0.4, -0.2) is 70.0 Å². The fourth-order valence-electron chi connectivity index (χ4n) is 6.24. The maximum absolute atomic E-state index is 12.7. The van der Waals surface area contributed by atoms with Crippen molar-refractivity contribution in [3.8, 4) is 0 Å². The largest absolute Gasteiger partial charge is 0.756 e. The first-order valence-electron chi connectivity index (χ1n) is 22.4. The summed E-state index contributed by atoms with van der Waals surface area (Å²) in [6.07, 6.45) is 38.0. The lowest BCUT2D eigenvalue weighted by molar-refractivity contribution is -0.870. The van der Waals surface area contributed by atoms with Crippen molar-refractivity contribution < 1.29 is 42.1 Å². The van der Waals surface area contributed by atoms with E-state index in [1.54, 1.807) is 0 Å². The highest BCUT2D eigenvalue weighted by Gasteiger charge is 2.21. The molecule has 10 heteroatoms. The van der Waals surface area contributed by atoms with Gasteiger partial charge in [0.1, 0.15) is 19.8 Å². The highest BCUT2D eigenvalue weighted by Crippen LogP contribution is 2.38. The number of hydrogen-bond donors (Lipinski definition) is 0. The first-order chi connectivity index (χ1) is 26.0. The molecule has 2 atom stereocenters. The molecule has 0 aromatic carbocycles. The molecule has 0 saturated heterocycles. The minimum absolute atomic E-state index is 0.0293. The average molecular weight is 788 g/mol. The topological polar surface area (TPSA) is 111 Å². The summed E-state index contributed by atoms with van der Waals surface area (Å²) in [7, 11) is 1.17. The van der Waals surface area contributed by atoms with Gasteiger partial charge < -0.3 is 27.9 Å². The number of quaternary nitrogens is 1. The molecule has 0 amide bonds. The van der Waals surface area contributed by atoms with E-state index in [9.17, 15) is 19.0 Å². The van der Waals surface area contributed by atoms with E-state index in [-0.39, 0.29) is 32.0 Å². The smallest absolute Gasteiger partial charge is 0.306 e. The number of esters is 2. The molecule has 2 unspecified atom stereocenters. The Balaban J connectivity index is 4.33. The molecule has 54 heavy (non-hydrogen) atoms. The lowest BCUT2D eigenvalue weighted by atomic mass is 10.0. The highest BCUT2D eigenvalue weighted by molar-refractivity contribution is 7.45. The molecular formula is C44H86NO8P.